The van der Waals surface area contributed by atoms with Crippen molar-refractivity contribution in [1.29, 1.82) is 5.26 Å². The van der Waals surface area contributed by atoms with Gasteiger partial charge in [-0.2, -0.15) is 5.26 Å². The summed E-state index contributed by atoms with van der Waals surface area (Å²) in [4.78, 5) is 23.4. The number of nitriles is 1. The van der Waals surface area contributed by atoms with Crippen LogP contribution < -0.4 is 5.32 Å². The fraction of sp³-hybridized carbons (Fsp3) is 0.136. The van der Waals surface area contributed by atoms with Gasteiger partial charge in [-0.05, 0) is 68.0 Å². The lowest BCUT2D eigenvalue weighted by Gasteiger charge is -2.07. The van der Waals surface area contributed by atoms with Crippen LogP contribution in [0.2, 0.25) is 0 Å². The number of nitrogens with one attached hydrogen (secondary N) is 1. The first-order valence-corrected chi connectivity index (χ1v) is 8.84. The summed E-state index contributed by atoms with van der Waals surface area (Å²) in [7, 11) is 0. The van der Waals surface area contributed by atoms with Crippen LogP contribution in [0.3, 0.4) is 0 Å². The molecule has 3 rings (SSSR count). The molecule has 0 aliphatic rings. The lowest BCUT2D eigenvalue weighted by atomic mass is 10.1. The van der Waals surface area contributed by atoms with E-state index in [9.17, 15) is 14.9 Å². The van der Waals surface area contributed by atoms with Crippen molar-refractivity contribution < 1.29 is 19.1 Å². The molecule has 0 radical (unpaired) electrons. The van der Waals surface area contributed by atoms with E-state index in [1.807, 2.05) is 42.7 Å². The minimum atomic E-state index is -1.05. The topological polar surface area (TPSA) is 108 Å². The summed E-state index contributed by atoms with van der Waals surface area (Å²) in [5.41, 5.74) is 3.12. The largest absolute Gasteiger partial charge is 0.478 e. The Morgan fingerprint density at radius 2 is 1.97 bits per heavy atom. The first-order valence-electron chi connectivity index (χ1n) is 8.84. The highest BCUT2D eigenvalue weighted by molar-refractivity contribution is 6.09. The molecule has 2 heterocycles. The summed E-state index contributed by atoms with van der Waals surface area (Å²) in [6.07, 6.45) is 3.16. The van der Waals surface area contributed by atoms with Crippen LogP contribution in [-0.2, 0) is 11.3 Å². The van der Waals surface area contributed by atoms with Gasteiger partial charge in [0.2, 0.25) is 0 Å². The molecule has 7 heteroatoms. The Labute approximate surface area is 167 Å². The predicted molar refractivity (Wildman–Crippen MR) is 107 cm³/mol. The van der Waals surface area contributed by atoms with E-state index < -0.39 is 11.9 Å². The number of furan rings is 1. The minimum absolute atomic E-state index is 0.0504. The highest BCUT2D eigenvalue weighted by Gasteiger charge is 2.14. The quantitative estimate of drug-likeness (QED) is 0.489. The molecule has 2 N–H and O–H groups in total. The molecule has 0 aliphatic heterocycles. The summed E-state index contributed by atoms with van der Waals surface area (Å²) in [5, 5.41) is 21.0. The van der Waals surface area contributed by atoms with Crippen LogP contribution in [0.15, 0.2) is 58.7 Å². The number of aryl methyl sites for hydroxylation is 1. The molecular weight excluding hydrogens is 370 g/mol. The van der Waals surface area contributed by atoms with Gasteiger partial charge < -0.3 is 19.4 Å². The maximum absolute atomic E-state index is 12.5. The van der Waals surface area contributed by atoms with E-state index in [-0.39, 0.29) is 11.1 Å². The summed E-state index contributed by atoms with van der Waals surface area (Å²) >= 11 is 0. The molecule has 2 aromatic heterocycles. The van der Waals surface area contributed by atoms with Crippen LogP contribution in [0.4, 0.5) is 5.69 Å². The maximum Gasteiger partial charge on any atom is 0.335 e. The molecule has 1 amide bonds. The fourth-order valence-electron chi connectivity index (χ4n) is 2.97. The highest BCUT2D eigenvalue weighted by atomic mass is 16.4. The predicted octanol–water partition coefficient (Wildman–Crippen LogP) is 3.99. The van der Waals surface area contributed by atoms with E-state index in [0.29, 0.717) is 12.2 Å². The second-order valence-electron chi connectivity index (χ2n) is 6.50. The van der Waals surface area contributed by atoms with Crippen LogP contribution in [0.25, 0.3) is 6.08 Å². The number of rotatable bonds is 6. The molecule has 0 aliphatic carbocycles. The van der Waals surface area contributed by atoms with Gasteiger partial charge in [0.05, 0.1) is 18.4 Å². The first-order chi connectivity index (χ1) is 13.9. The van der Waals surface area contributed by atoms with Crippen molar-refractivity contribution in [3.8, 4) is 6.07 Å². The third kappa shape index (κ3) is 4.45. The number of amides is 1. The van der Waals surface area contributed by atoms with Crippen LogP contribution >= 0.6 is 0 Å². The van der Waals surface area contributed by atoms with E-state index in [2.05, 4.69) is 5.32 Å². The van der Waals surface area contributed by atoms with Gasteiger partial charge in [0.15, 0.2) is 0 Å². The van der Waals surface area contributed by atoms with E-state index in [1.54, 1.807) is 12.3 Å². The van der Waals surface area contributed by atoms with Crippen LogP contribution in [-0.4, -0.2) is 21.6 Å². The highest BCUT2D eigenvalue weighted by Crippen LogP contribution is 2.20. The van der Waals surface area contributed by atoms with Gasteiger partial charge >= 0.3 is 5.97 Å². The third-order valence-electron chi connectivity index (χ3n) is 4.56. The second-order valence-corrected chi connectivity index (χ2v) is 6.50. The Hall–Kier alpha value is -4.05. The molecule has 1 aromatic carbocycles. The number of aromatic nitrogens is 1. The number of carbonyl (C=O) groups excluding carboxylic acids is 1. The van der Waals surface area contributed by atoms with Crippen LogP contribution in [0.5, 0.6) is 0 Å². The molecule has 0 spiro atoms. The Morgan fingerprint density at radius 1 is 1.24 bits per heavy atom. The van der Waals surface area contributed by atoms with Crippen molar-refractivity contribution in [2.24, 2.45) is 0 Å². The average molecular weight is 389 g/mol. The number of aromatic carboxylic acids is 1. The summed E-state index contributed by atoms with van der Waals surface area (Å²) in [6.45, 7) is 4.42. The Kier molecular flexibility index (Phi) is 5.65. The smallest absolute Gasteiger partial charge is 0.335 e. The van der Waals surface area contributed by atoms with Crippen molar-refractivity contribution in [1.82, 2.24) is 4.57 Å². The molecule has 0 saturated carbocycles. The number of carboxylic acids is 1. The minimum Gasteiger partial charge on any atom is -0.478 e. The lowest BCUT2D eigenvalue weighted by Crippen LogP contribution is -2.13. The normalized spacial score (nSPS) is 11.1. The van der Waals surface area contributed by atoms with E-state index in [4.69, 9.17) is 9.52 Å². The number of hydrogen-bond acceptors (Lipinski definition) is 4. The van der Waals surface area contributed by atoms with Gasteiger partial charge in [-0.15, -0.1) is 0 Å². The Bertz CT molecular complexity index is 1110. The molecular formula is C22H19N3O4. The molecule has 146 valence electrons. The standard InChI is InChI=1S/C22H19N3O4/c1-14-10-17(15(2)25(14)13-20-4-3-9-29-20)11-18(12-23)21(26)24-19-7-5-16(6-8-19)22(27)28/h3-11H,13H2,1-2H3,(H,24,26)(H,27,28)/b18-11-. The summed E-state index contributed by atoms with van der Waals surface area (Å²) in [5.74, 6) is -0.804. The number of anilines is 1. The zero-order valence-corrected chi connectivity index (χ0v) is 16.0. The van der Waals surface area contributed by atoms with Gasteiger partial charge in [-0.1, -0.05) is 0 Å². The van der Waals surface area contributed by atoms with E-state index in [0.717, 1.165) is 22.7 Å². The van der Waals surface area contributed by atoms with E-state index in [1.165, 1.54) is 24.3 Å². The van der Waals surface area contributed by atoms with Crippen molar-refractivity contribution in [2.75, 3.05) is 5.32 Å². The molecule has 0 bridgehead atoms. The molecule has 0 fully saturated rings. The van der Waals surface area contributed by atoms with Crippen molar-refractivity contribution >= 4 is 23.6 Å². The fourth-order valence-corrected chi connectivity index (χ4v) is 2.97. The molecule has 0 atom stereocenters. The second kappa shape index (κ2) is 8.31. The summed E-state index contributed by atoms with van der Waals surface area (Å²) < 4.78 is 7.44. The van der Waals surface area contributed by atoms with Gasteiger partial charge in [0.25, 0.3) is 5.91 Å². The molecule has 0 saturated heterocycles. The van der Waals surface area contributed by atoms with Crippen LogP contribution in [0.1, 0.15) is 33.1 Å². The van der Waals surface area contributed by atoms with Gasteiger partial charge in [0, 0.05) is 17.1 Å². The number of hydrogen-bond donors (Lipinski definition) is 2. The zero-order chi connectivity index (χ0) is 21.0. The maximum atomic E-state index is 12.5. The lowest BCUT2D eigenvalue weighted by molar-refractivity contribution is -0.112. The number of benzene rings is 1. The first kappa shape index (κ1) is 19.7. The average Bonchev–Trinajstić information content (AvgIpc) is 3.30. The Morgan fingerprint density at radius 3 is 2.55 bits per heavy atom. The molecule has 7 nitrogen and oxygen atoms in total. The van der Waals surface area contributed by atoms with Gasteiger partial charge in [0.1, 0.15) is 17.4 Å². The number of carbonyl (C=O) groups is 2. The SMILES string of the molecule is Cc1cc(/C=C(/C#N)C(=O)Nc2ccc(C(=O)O)cc2)c(C)n1Cc1ccco1. The zero-order valence-electron chi connectivity index (χ0n) is 16.0. The molecule has 3 aromatic rings. The molecule has 0 unspecified atom stereocenters. The van der Waals surface area contributed by atoms with Crippen molar-refractivity contribution in [3.05, 3.63) is 82.6 Å². The third-order valence-corrected chi connectivity index (χ3v) is 4.56. The van der Waals surface area contributed by atoms with Crippen molar-refractivity contribution in [3.63, 3.8) is 0 Å². The van der Waals surface area contributed by atoms with E-state index >= 15 is 0 Å². The van der Waals surface area contributed by atoms with Crippen LogP contribution in [0, 0.1) is 25.2 Å². The van der Waals surface area contributed by atoms with Gasteiger partial charge in [-0.3, -0.25) is 4.79 Å². The summed E-state index contributed by atoms with van der Waals surface area (Å²) in [6, 6.07) is 13.3. The molecule has 29 heavy (non-hydrogen) atoms. The number of nitrogens with zero attached hydrogens (tertiary/aromatic N) is 2. The van der Waals surface area contributed by atoms with Crippen molar-refractivity contribution in [2.45, 2.75) is 20.4 Å². The monoisotopic (exact) mass is 389 g/mol. The van der Waals surface area contributed by atoms with Gasteiger partial charge in [-0.25, -0.2) is 4.79 Å². The Balaban J connectivity index is 1.81. The number of carboxylic acid groups (broad SMARTS) is 1.